The van der Waals surface area contributed by atoms with E-state index in [2.05, 4.69) is 22.4 Å². The highest BCUT2D eigenvalue weighted by atomic mass is 16.5. The fourth-order valence-electron chi connectivity index (χ4n) is 3.49. The second-order valence-electron chi connectivity index (χ2n) is 6.91. The highest BCUT2D eigenvalue weighted by molar-refractivity contribution is 5.83. The Kier molecular flexibility index (Phi) is 3.71. The maximum absolute atomic E-state index is 11.9. The number of aromatic amines is 1. The van der Waals surface area contributed by atoms with Crippen LogP contribution in [0.3, 0.4) is 0 Å². The number of nitrogens with zero attached hydrogens (tertiary/aromatic N) is 1. The van der Waals surface area contributed by atoms with Gasteiger partial charge in [0.15, 0.2) is 0 Å². The second kappa shape index (κ2) is 5.87. The summed E-state index contributed by atoms with van der Waals surface area (Å²) in [6.45, 7) is 2.07. The molecule has 1 aromatic carbocycles. The van der Waals surface area contributed by atoms with E-state index in [-0.39, 0.29) is 24.0 Å². The molecule has 2 atom stereocenters. The number of aromatic nitrogens is 2. The lowest BCUT2D eigenvalue weighted by Crippen LogP contribution is -2.41. The monoisotopic (exact) mass is 313 g/mol. The number of amides is 1. The van der Waals surface area contributed by atoms with Gasteiger partial charge in [-0.05, 0) is 51.2 Å². The third-order valence-corrected chi connectivity index (χ3v) is 5.06. The lowest BCUT2D eigenvalue weighted by molar-refractivity contribution is -0.123. The molecule has 2 N–H and O–H groups in total. The number of rotatable bonds is 4. The van der Waals surface area contributed by atoms with Gasteiger partial charge in [0.1, 0.15) is 11.9 Å². The number of hydrogen-bond donors (Lipinski definition) is 2. The average Bonchev–Trinajstić information content (AvgIpc) is 3.29. The van der Waals surface area contributed by atoms with Crippen molar-refractivity contribution in [3.63, 3.8) is 0 Å². The van der Waals surface area contributed by atoms with Gasteiger partial charge in [-0.15, -0.1) is 0 Å². The van der Waals surface area contributed by atoms with Crippen molar-refractivity contribution < 1.29 is 9.53 Å². The van der Waals surface area contributed by atoms with E-state index in [0.717, 1.165) is 60.7 Å². The highest BCUT2D eigenvalue weighted by Crippen LogP contribution is 2.32. The average molecular weight is 313 g/mol. The Hall–Kier alpha value is -2.04. The molecule has 0 unspecified atom stereocenters. The Morgan fingerprint density at radius 2 is 2.17 bits per heavy atom. The van der Waals surface area contributed by atoms with Crippen LogP contribution < -0.4 is 10.1 Å². The van der Waals surface area contributed by atoms with E-state index in [1.807, 2.05) is 18.3 Å². The van der Waals surface area contributed by atoms with E-state index in [0.29, 0.717) is 0 Å². The standard InChI is InChI=1S/C18H23N3O2/c1-11-15-10-19-21-16(15)7-8-17(11)23-14-4-2-3-13(9-14)20-18(22)12-5-6-12/h7-8,10,12-14H,2-6,9H2,1H3,(H,19,21)(H,20,22)/t13-,14+/m0/s1. The Morgan fingerprint density at radius 1 is 1.30 bits per heavy atom. The molecule has 0 aliphatic heterocycles. The second-order valence-corrected chi connectivity index (χ2v) is 6.91. The van der Waals surface area contributed by atoms with E-state index in [9.17, 15) is 4.79 Å². The normalized spacial score (nSPS) is 24.6. The number of hydrogen-bond acceptors (Lipinski definition) is 3. The van der Waals surface area contributed by atoms with Crippen molar-refractivity contribution in [2.75, 3.05) is 0 Å². The SMILES string of the molecule is Cc1c(O[C@@H]2CCC[C@H](NC(=O)C3CC3)C2)ccc2[nH]ncc12. The first kappa shape index (κ1) is 14.5. The molecule has 5 heteroatoms. The first-order valence-electron chi connectivity index (χ1n) is 8.60. The summed E-state index contributed by atoms with van der Waals surface area (Å²) in [5, 5.41) is 11.4. The number of carbonyl (C=O) groups excluding carboxylic acids is 1. The topological polar surface area (TPSA) is 67.0 Å². The summed E-state index contributed by atoms with van der Waals surface area (Å²) in [6.07, 6.45) is 8.27. The third-order valence-electron chi connectivity index (χ3n) is 5.06. The van der Waals surface area contributed by atoms with E-state index in [1.165, 1.54) is 0 Å². The molecular formula is C18H23N3O2. The lowest BCUT2D eigenvalue weighted by Gasteiger charge is -2.30. The molecule has 2 aromatic rings. The molecule has 0 spiro atoms. The summed E-state index contributed by atoms with van der Waals surface area (Å²) in [7, 11) is 0. The number of aryl methyl sites for hydroxylation is 1. The van der Waals surface area contributed by atoms with Gasteiger partial charge in [0.2, 0.25) is 5.91 Å². The molecular weight excluding hydrogens is 290 g/mol. The Balaban J connectivity index is 1.42. The van der Waals surface area contributed by atoms with E-state index < -0.39 is 0 Å². The molecule has 2 aliphatic rings. The van der Waals surface area contributed by atoms with Crippen molar-refractivity contribution in [2.24, 2.45) is 5.92 Å². The van der Waals surface area contributed by atoms with Crippen molar-refractivity contribution in [3.8, 4) is 5.75 Å². The summed E-state index contributed by atoms with van der Waals surface area (Å²) in [5.74, 6) is 1.45. The fraction of sp³-hybridized carbons (Fsp3) is 0.556. The summed E-state index contributed by atoms with van der Waals surface area (Å²) in [5.41, 5.74) is 2.16. The maximum atomic E-state index is 11.9. The molecule has 0 bridgehead atoms. The molecule has 2 saturated carbocycles. The Labute approximate surface area is 135 Å². The minimum absolute atomic E-state index is 0.177. The van der Waals surface area contributed by atoms with Crippen LogP contribution in [0.2, 0.25) is 0 Å². The molecule has 2 aliphatic carbocycles. The lowest BCUT2D eigenvalue weighted by atomic mass is 9.92. The summed E-state index contributed by atoms with van der Waals surface area (Å²) in [6, 6.07) is 4.29. The van der Waals surface area contributed by atoms with Crippen LogP contribution in [-0.4, -0.2) is 28.3 Å². The minimum atomic E-state index is 0.177. The third kappa shape index (κ3) is 3.05. The van der Waals surface area contributed by atoms with Crippen LogP contribution in [0.25, 0.3) is 10.9 Å². The minimum Gasteiger partial charge on any atom is -0.490 e. The number of fused-ring (bicyclic) bond motifs is 1. The van der Waals surface area contributed by atoms with Crippen LogP contribution >= 0.6 is 0 Å². The van der Waals surface area contributed by atoms with Crippen molar-refractivity contribution >= 4 is 16.8 Å². The predicted molar refractivity (Wildman–Crippen MR) is 88.4 cm³/mol. The number of carbonyl (C=O) groups is 1. The van der Waals surface area contributed by atoms with Crippen LogP contribution in [0, 0.1) is 12.8 Å². The zero-order valence-electron chi connectivity index (χ0n) is 13.5. The van der Waals surface area contributed by atoms with Gasteiger partial charge in [0.05, 0.1) is 11.7 Å². The first-order valence-corrected chi connectivity index (χ1v) is 8.60. The number of ether oxygens (including phenoxy) is 1. The molecule has 23 heavy (non-hydrogen) atoms. The first-order chi connectivity index (χ1) is 11.2. The molecule has 5 nitrogen and oxygen atoms in total. The van der Waals surface area contributed by atoms with Gasteiger partial charge in [0.25, 0.3) is 0 Å². The van der Waals surface area contributed by atoms with Gasteiger partial charge in [-0.25, -0.2) is 0 Å². The van der Waals surface area contributed by atoms with Crippen molar-refractivity contribution in [1.29, 1.82) is 0 Å². The zero-order chi connectivity index (χ0) is 15.8. The van der Waals surface area contributed by atoms with Gasteiger partial charge < -0.3 is 10.1 Å². The van der Waals surface area contributed by atoms with Crippen LogP contribution in [-0.2, 0) is 4.79 Å². The van der Waals surface area contributed by atoms with Gasteiger partial charge in [-0.2, -0.15) is 5.10 Å². The highest BCUT2D eigenvalue weighted by Gasteiger charge is 2.32. The predicted octanol–water partition coefficient (Wildman–Crippen LogP) is 3.09. The zero-order valence-corrected chi connectivity index (χ0v) is 13.5. The van der Waals surface area contributed by atoms with Crippen LogP contribution in [0.1, 0.15) is 44.1 Å². The maximum Gasteiger partial charge on any atom is 0.223 e. The molecule has 2 fully saturated rings. The molecule has 0 radical (unpaired) electrons. The van der Waals surface area contributed by atoms with Gasteiger partial charge in [-0.3, -0.25) is 9.89 Å². The summed E-state index contributed by atoms with van der Waals surface area (Å²) < 4.78 is 6.26. The number of nitrogens with one attached hydrogen (secondary N) is 2. The fourth-order valence-corrected chi connectivity index (χ4v) is 3.49. The van der Waals surface area contributed by atoms with E-state index >= 15 is 0 Å². The molecule has 1 amide bonds. The van der Waals surface area contributed by atoms with Crippen LogP contribution in [0.5, 0.6) is 5.75 Å². The van der Waals surface area contributed by atoms with Gasteiger partial charge >= 0.3 is 0 Å². The summed E-state index contributed by atoms with van der Waals surface area (Å²) in [4.78, 5) is 11.9. The molecule has 4 rings (SSSR count). The molecule has 122 valence electrons. The Bertz CT molecular complexity index is 720. The van der Waals surface area contributed by atoms with Crippen molar-refractivity contribution in [2.45, 2.75) is 57.6 Å². The van der Waals surface area contributed by atoms with Crippen LogP contribution in [0.4, 0.5) is 0 Å². The molecule has 0 saturated heterocycles. The molecule has 1 heterocycles. The molecule has 1 aromatic heterocycles. The quantitative estimate of drug-likeness (QED) is 0.911. The van der Waals surface area contributed by atoms with E-state index in [4.69, 9.17) is 4.74 Å². The van der Waals surface area contributed by atoms with Gasteiger partial charge in [0, 0.05) is 29.3 Å². The van der Waals surface area contributed by atoms with Gasteiger partial charge in [-0.1, -0.05) is 0 Å². The van der Waals surface area contributed by atoms with Crippen molar-refractivity contribution in [1.82, 2.24) is 15.5 Å². The summed E-state index contributed by atoms with van der Waals surface area (Å²) >= 11 is 0. The Morgan fingerprint density at radius 3 is 3.00 bits per heavy atom. The van der Waals surface area contributed by atoms with Crippen molar-refractivity contribution in [3.05, 3.63) is 23.9 Å². The van der Waals surface area contributed by atoms with E-state index in [1.54, 1.807) is 0 Å². The largest absolute Gasteiger partial charge is 0.490 e. The number of H-pyrrole nitrogens is 1. The smallest absolute Gasteiger partial charge is 0.223 e. The van der Waals surface area contributed by atoms with Crippen LogP contribution in [0.15, 0.2) is 18.3 Å². The number of benzene rings is 1.